The number of carbonyl (C=O) groups excluding carboxylic acids is 1. The number of hydrogen-bond acceptors (Lipinski definition) is 3. The number of aliphatic carboxylic acids is 1. The van der Waals surface area contributed by atoms with Gasteiger partial charge in [-0.1, -0.05) is 11.6 Å². The molecule has 2 unspecified atom stereocenters. The van der Waals surface area contributed by atoms with E-state index in [4.69, 9.17) is 16.7 Å². The Hall–Kier alpha value is -1.75. The van der Waals surface area contributed by atoms with Crippen LogP contribution < -0.4 is 10.6 Å². The van der Waals surface area contributed by atoms with Gasteiger partial charge in [-0.3, -0.25) is 4.79 Å². The number of rotatable bonds is 3. The highest BCUT2D eigenvalue weighted by atomic mass is 35.5. The molecular formula is C11H11ClN2O3. The molecule has 1 aliphatic heterocycles. The zero-order valence-corrected chi connectivity index (χ0v) is 9.57. The molecule has 0 spiro atoms. The summed E-state index contributed by atoms with van der Waals surface area (Å²) in [7, 11) is 0. The summed E-state index contributed by atoms with van der Waals surface area (Å²) < 4.78 is 0. The van der Waals surface area contributed by atoms with Gasteiger partial charge in [-0.2, -0.15) is 0 Å². The molecule has 2 atom stereocenters. The molecule has 0 radical (unpaired) electrons. The zero-order chi connectivity index (χ0) is 12.4. The standard InChI is InChI=1S/C11H11ClN2O3/c12-6-1-3-7(4-2-6)13-8-5-9(11(16)17)14-10(8)15/h1-4,8-9,13H,5H2,(H,14,15)(H,16,17). The third-order valence-electron chi connectivity index (χ3n) is 2.59. The number of nitrogens with one attached hydrogen (secondary N) is 2. The predicted octanol–water partition coefficient (Wildman–Crippen LogP) is 1.09. The molecule has 0 bridgehead atoms. The minimum Gasteiger partial charge on any atom is -0.480 e. The molecule has 1 saturated heterocycles. The lowest BCUT2D eigenvalue weighted by Gasteiger charge is -2.11. The van der Waals surface area contributed by atoms with Crippen molar-refractivity contribution < 1.29 is 14.7 Å². The first-order valence-electron chi connectivity index (χ1n) is 5.11. The van der Waals surface area contributed by atoms with E-state index in [1.165, 1.54) is 0 Å². The number of carboxylic acid groups (broad SMARTS) is 1. The minimum atomic E-state index is -1.02. The largest absolute Gasteiger partial charge is 0.480 e. The molecule has 1 heterocycles. The second kappa shape index (κ2) is 4.63. The highest BCUT2D eigenvalue weighted by Gasteiger charge is 2.35. The fourth-order valence-corrected chi connectivity index (χ4v) is 1.83. The molecule has 1 aromatic carbocycles. The molecule has 90 valence electrons. The number of benzene rings is 1. The van der Waals surface area contributed by atoms with Crippen LogP contribution in [-0.2, 0) is 9.59 Å². The summed E-state index contributed by atoms with van der Waals surface area (Å²) in [6.45, 7) is 0. The van der Waals surface area contributed by atoms with E-state index < -0.39 is 18.1 Å². The van der Waals surface area contributed by atoms with E-state index in [1.54, 1.807) is 24.3 Å². The van der Waals surface area contributed by atoms with Crippen molar-refractivity contribution in [3.8, 4) is 0 Å². The first-order chi connectivity index (χ1) is 8.06. The number of carbonyl (C=O) groups is 2. The lowest BCUT2D eigenvalue weighted by atomic mass is 10.1. The van der Waals surface area contributed by atoms with Gasteiger partial charge in [0.2, 0.25) is 5.91 Å². The van der Waals surface area contributed by atoms with Gasteiger partial charge in [-0.05, 0) is 24.3 Å². The molecule has 1 aromatic rings. The molecular weight excluding hydrogens is 244 g/mol. The Balaban J connectivity index is 2.02. The van der Waals surface area contributed by atoms with Crippen LogP contribution in [-0.4, -0.2) is 29.1 Å². The average Bonchev–Trinajstić information content (AvgIpc) is 2.64. The first kappa shape index (κ1) is 11.7. The number of amides is 1. The molecule has 17 heavy (non-hydrogen) atoms. The normalized spacial score (nSPS) is 23.2. The third kappa shape index (κ3) is 2.68. The van der Waals surface area contributed by atoms with E-state index >= 15 is 0 Å². The highest BCUT2D eigenvalue weighted by Crippen LogP contribution is 2.18. The molecule has 3 N–H and O–H groups in total. The minimum absolute atomic E-state index is 0.233. The molecule has 6 heteroatoms. The van der Waals surface area contributed by atoms with Crippen LogP contribution in [0.5, 0.6) is 0 Å². The van der Waals surface area contributed by atoms with Crippen molar-refractivity contribution in [1.82, 2.24) is 5.32 Å². The summed E-state index contributed by atoms with van der Waals surface area (Å²) in [6, 6.07) is 5.55. The summed E-state index contributed by atoms with van der Waals surface area (Å²) in [4.78, 5) is 22.2. The number of anilines is 1. The summed E-state index contributed by atoms with van der Waals surface area (Å²) in [5.41, 5.74) is 0.737. The summed E-state index contributed by atoms with van der Waals surface area (Å²) in [6.07, 6.45) is 0.233. The fraction of sp³-hybridized carbons (Fsp3) is 0.273. The predicted molar refractivity (Wildman–Crippen MR) is 63.0 cm³/mol. The van der Waals surface area contributed by atoms with Gasteiger partial charge in [0.25, 0.3) is 0 Å². The summed E-state index contributed by atoms with van der Waals surface area (Å²) in [5, 5.41) is 14.8. The molecule has 2 rings (SSSR count). The van der Waals surface area contributed by atoms with Gasteiger partial charge in [0.15, 0.2) is 0 Å². The van der Waals surface area contributed by atoms with Crippen molar-refractivity contribution in [2.24, 2.45) is 0 Å². The fourth-order valence-electron chi connectivity index (χ4n) is 1.71. The van der Waals surface area contributed by atoms with Gasteiger partial charge in [0, 0.05) is 17.1 Å². The van der Waals surface area contributed by atoms with E-state index in [9.17, 15) is 9.59 Å². The van der Waals surface area contributed by atoms with Crippen LogP contribution in [0.4, 0.5) is 5.69 Å². The van der Waals surface area contributed by atoms with Gasteiger partial charge in [0.05, 0.1) is 0 Å². The van der Waals surface area contributed by atoms with Crippen LogP contribution in [0.1, 0.15) is 6.42 Å². The number of halogens is 1. The SMILES string of the molecule is O=C(O)C1CC(Nc2ccc(Cl)cc2)C(=O)N1. The Bertz CT molecular complexity index is 447. The van der Waals surface area contributed by atoms with Crippen LogP contribution in [0.2, 0.25) is 5.02 Å². The molecule has 1 aliphatic rings. The second-order valence-corrected chi connectivity index (χ2v) is 4.28. The van der Waals surface area contributed by atoms with Crippen molar-refractivity contribution in [2.75, 3.05) is 5.32 Å². The topological polar surface area (TPSA) is 78.4 Å². The maximum atomic E-state index is 11.5. The van der Waals surface area contributed by atoms with Crippen molar-refractivity contribution in [3.05, 3.63) is 29.3 Å². The molecule has 5 nitrogen and oxygen atoms in total. The van der Waals surface area contributed by atoms with Crippen LogP contribution in [0, 0.1) is 0 Å². The second-order valence-electron chi connectivity index (χ2n) is 3.84. The van der Waals surface area contributed by atoms with Crippen LogP contribution in [0.25, 0.3) is 0 Å². The summed E-state index contributed by atoms with van der Waals surface area (Å²) in [5.74, 6) is -1.31. The quantitative estimate of drug-likeness (QED) is 0.755. The van der Waals surface area contributed by atoms with Crippen LogP contribution in [0.15, 0.2) is 24.3 Å². The van der Waals surface area contributed by atoms with Gasteiger partial charge < -0.3 is 15.7 Å². The average molecular weight is 255 g/mol. The Morgan fingerprint density at radius 2 is 2.06 bits per heavy atom. The van der Waals surface area contributed by atoms with Crippen molar-refractivity contribution in [1.29, 1.82) is 0 Å². The van der Waals surface area contributed by atoms with Crippen LogP contribution in [0.3, 0.4) is 0 Å². The Morgan fingerprint density at radius 3 is 2.59 bits per heavy atom. The van der Waals surface area contributed by atoms with E-state index in [-0.39, 0.29) is 12.3 Å². The van der Waals surface area contributed by atoms with Crippen molar-refractivity contribution in [2.45, 2.75) is 18.5 Å². The van der Waals surface area contributed by atoms with E-state index in [2.05, 4.69) is 10.6 Å². The molecule has 1 fully saturated rings. The Kier molecular flexibility index (Phi) is 3.19. The molecule has 0 aliphatic carbocycles. The third-order valence-corrected chi connectivity index (χ3v) is 2.84. The van der Waals surface area contributed by atoms with E-state index in [0.717, 1.165) is 5.69 Å². The lowest BCUT2D eigenvalue weighted by Crippen LogP contribution is -2.34. The number of hydrogen-bond donors (Lipinski definition) is 3. The van der Waals surface area contributed by atoms with Gasteiger partial charge >= 0.3 is 5.97 Å². The van der Waals surface area contributed by atoms with Gasteiger partial charge in [-0.15, -0.1) is 0 Å². The zero-order valence-electron chi connectivity index (χ0n) is 8.81. The Labute approximate surface area is 103 Å². The first-order valence-corrected chi connectivity index (χ1v) is 5.49. The monoisotopic (exact) mass is 254 g/mol. The maximum Gasteiger partial charge on any atom is 0.326 e. The highest BCUT2D eigenvalue weighted by molar-refractivity contribution is 6.30. The van der Waals surface area contributed by atoms with E-state index in [1.807, 2.05) is 0 Å². The maximum absolute atomic E-state index is 11.5. The van der Waals surface area contributed by atoms with Crippen molar-refractivity contribution in [3.63, 3.8) is 0 Å². The smallest absolute Gasteiger partial charge is 0.326 e. The Morgan fingerprint density at radius 1 is 1.41 bits per heavy atom. The van der Waals surface area contributed by atoms with Crippen LogP contribution >= 0.6 is 11.6 Å². The van der Waals surface area contributed by atoms with Gasteiger partial charge in [0.1, 0.15) is 12.1 Å². The van der Waals surface area contributed by atoms with Crippen molar-refractivity contribution >= 4 is 29.2 Å². The van der Waals surface area contributed by atoms with Gasteiger partial charge in [-0.25, -0.2) is 4.79 Å². The number of carboxylic acids is 1. The molecule has 0 aromatic heterocycles. The molecule has 1 amide bonds. The van der Waals surface area contributed by atoms with E-state index in [0.29, 0.717) is 5.02 Å². The molecule has 0 saturated carbocycles. The summed E-state index contributed by atoms with van der Waals surface area (Å²) >= 11 is 5.74. The lowest BCUT2D eigenvalue weighted by molar-refractivity contribution is -0.140.